The molecule has 0 aliphatic heterocycles. The molecule has 0 saturated heterocycles. The van der Waals surface area contributed by atoms with Crippen LogP contribution in [0.4, 0.5) is 0 Å². The summed E-state index contributed by atoms with van der Waals surface area (Å²) in [5.41, 5.74) is 0.830. The molecule has 12 heavy (non-hydrogen) atoms. The summed E-state index contributed by atoms with van der Waals surface area (Å²) >= 11 is 4.94. The van der Waals surface area contributed by atoms with Gasteiger partial charge in [0.2, 0.25) is 0 Å². The van der Waals surface area contributed by atoms with Gasteiger partial charge in [-0.3, -0.25) is 0 Å². The number of pyridine rings is 1. The van der Waals surface area contributed by atoms with Crippen LogP contribution in [-0.4, -0.2) is 16.5 Å². The van der Waals surface area contributed by atoms with E-state index in [1.54, 1.807) is 6.07 Å². The van der Waals surface area contributed by atoms with Crippen molar-refractivity contribution >= 4 is 12.2 Å². The molecule has 1 rings (SSSR count). The normalized spacial score (nSPS) is 10.1. The van der Waals surface area contributed by atoms with Crippen molar-refractivity contribution in [1.29, 1.82) is 0 Å². The zero-order valence-corrected chi connectivity index (χ0v) is 7.67. The Morgan fingerprint density at radius 1 is 1.67 bits per heavy atom. The van der Waals surface area contributed by atoms with E-state index in [0.29, 0.717) is 17.9 Å². The third kappa shape index (κ3) is 2.06. The van der Waals surface area contributed by atoms with Crippen molar-refractivity contribution in [3.05, 3.63) is 28.5 Å². The first kappa shape index (κ1) is 9.22. The first-order valence-corrected chi connectivity index (χ1v) is 4.14. The van der Waals surface area contributed by atoms with Crippen molar-refractivity contribution in [2.24, 2.45) is 0 Å². The Morgan fingerprint density at radius 3 is 3.08 bits per heavy atom. The Balaban J connectivity index is 2.85. The van der Waals surface area contributed by atoms with Crippen molar-refractivity contribution < 1.29 is 9.94 Å². The summed E-state index contributed by atoms with van der Waals surface area (Å²) in [5, 5.41) is 9.16. The molecular weight excluding hydrogens is 174 g/mol. The predicted molar refractivity (Wildman–Crippen MR) is 47.8 cm³/mol. The number of hydrogen-bond donors (Lipinski definition) is 1. The molecule has 1 aromatic heterocycles. The molecular formula is C8H11NO2S. The van der Waals surface area contributed by atoms with Crippen LogP contribution in [-0.2, 0) is 11.3 Å². The topological polar surface area (TPSA) is 34.4 Å². The summed E-state index contributed by atoms with van der Waals surface area (Å²) in [6.45, 7) is 3.02. The van der Waals surface area contributed by atoms with E-state index in [1.807, 2.05) is 13.0 Å². The monoisotopic (exact) mass is 185 g/mol. The van der Waals surface area contributed by atoms with E-state index in [2.05, 4.69) is 0 Å². The third-order valence-electron chi connectivity index (χ3n) is 1.47. The smallest absolute Gasteiger partial charge is 0.147 e. The Labute approximate surface area is 76.2 Å². The van der Waals surface area contributed by atoms with Gasteiger partial charge in [-0.1, -0.05) is 18.3 Å². The van der Waals surface area contributed by atoms with Crippen molar-refractivity contribution in [1.82, 2.24) is 4.73 Å². The first-order valence-electron chi connectivity index (χ1n) is 3.73. The van der Waals surface area contributed by atoms with E-state index < -0.39 is 0 Å². The zero-order valence-electron chi connectivity index (χ0n) is 6.86. The van der Waals surface area contributed by atoms with Crippen molar-refractivity contribution in [3.8, 4) is 0 Å². The lowest BCUT2D eigenvalue weighted by Crippen LogP contribution is -1.99. The van der Waals surface area contributed by atoms with Crippen LogP contribution in [0.2, 0.25) is 0 Å². The SMILES string of the molecule is CCOCc1cccn(O)c1=S. The minimum absolute atomic E-state index is 0.408. The summed E-state index contributed by atoms with van der Waals surface area (Å²) in [7, 11) is 0. The lowest BCUT2D eigenvalue weighted by atomic mass is 10.3. The molecule has 0 aliphatic carbocycles. The maximum atomic E-state index is 9.16. The van der Waals surface area contributed by atoms with Gasteiger partial charge in [-0.15, -0.1) is 0 Å². The second-order valence-corrected chi connectivity index (χ2v) is 2.71. The summed E-state index contributed by atoms with van der Waals surface area (Å²) < 4.78 is 6.49. The van der Waals surface area contributed by atoms with Crippen molar-refractivity contribution in [3.63, 3.8) is 0 Å². The largest absolute Gasteiger partial charge is 0.428 e. The van der Waals surface area contributed by atoms with Crippen LogP contribution in [0.1, 0.15) is 12.5 Å². The molecule has 0 aliphatic rings. The zero-order chi connectivity index (χ0) is 8.97. The number of nitrogens with zero attached hydrogens (tertiary/aromatic N) is 1. The average Bonchev–Trinajstić information content (AvgIpc) is 2.08. The maximum Gasteiger partial charge on any atom is 0.147 e. The first-order chi connectivity index (χ1) is 5.75. The van der Waals surface area contributed by atoms with E-state index >= 15 is 0 Å². The van der Waals surface area contributed by atoms with Crippen LogP contribution >= 0.6 is 12.2 Å². The lowest BCUT2D eigenvalue weighted by Gasteiger charge is -2.03. The van der Waals surface area contributed by atoms with Gasteiger partial charge in [-0.05, 0) is 13.0 Å². The molecule has 0 unspecified atom stereocenters. The van der Waals surface area contributed by atoms with E-state index in [-0.39, 0.29) is 0 Å². The molecule has 66 valence electrons. The van der Waals surface area contributed by atoms with Gasteiger partial charge in [0.25, 0.3) is 0 Å². The third-order valence-corrected chi connectivity index (χ3v) is 1.92. The van der Waals surface area contributed by atoms with Crippen LogP contribution in [0.3, 0.4) is 0 Å². The second kappa shape index (κ2) is 4.23. The van der Waals surface area contributed by atoms with Gasteiger partial charge in [-0.2, -0.15) is 4.73 Å². The molecule has 0 fully saturated rings. The molecule has 0 spiro atoms. The van der Waals surface area contributed by atoms with E-state index in [4.69, 9.17) is 22.2 Å². The van der Waals surface area contributed by atoms with Gasteiger partial charge in [-0.25, -0.2) is 0 Å². The second-order valence-electron chi connectivity index (χ2n) is 2.32. The lowest BCUT2D eigenvalue weighted by molar-refractivity contribution is 0.128. The molecule has 1 heterocycles. The highest BCUT2D eigenvalue weighted by atomic mass is 32.1. The van der Waals surface area contributed by atoms with Crippen LogP contribution in [0.5, 0.6) is 0 Å². The van der Waals surface area contributed by atoms with Crippen LogP contribution in [0, 0.1) is 4.64 Å². The fourth-order valence-corrected chi connectivity index (χ4v) is 1.04. The van der Waals surface area contributed by atoms with Gasteiger partial charge < -0.3 is 9.94 Å². The molecule has 0 atom stereocenters. The molecule has 1 aromatic rings. The highest BCUT2D eigenvalue weighted by Gasteiger charge is 1.96. The van der Waals surface area contributed by atoms with Gasteiger partial charge in [0, 0.05) is 18.4 Å². The van der Waals surface area contributed by atoms with Crippen LogP contribution in [0.25, 0.3) is 0 Å². The van der Waals surface area contributed by atoms with E-state index in [9.17, 15) is 0 Å². The van der Waals surface area contributed by atoms with Crippen molar-refractivity contribution in [2.45, 2.75) is 13.5 Å². The van der Waals surface area contributed by atoms with E-state index in [0.717, 1.165) is 10.3 Å². The van der Waals surface area contributed by atoms with Gasteiger partial charge >= 0.3 is 0 Å². The minimum atomic E-state index is 0.408. The average molecular weight is 185 g/mol. The minimum Gasteiger partial charge on any atom is -0.428 e. The van der Waals surface area contributed by atoms with E-state index in [1.165, 1.54) is 6.20 Å². The number of hydrogen-bond acceptors (Lipinski definition) is 3. The van der Waals surface area contributed by atoms with Gasteiger partial charge in [0.1, 0.15) is 4.64 Å². The molecule has 4 heteroatoms. The molecule has 0 amide bonds. The summed E-state index contributed by atoms with van der Waals surface area (Å²) in [4.78, 5) is 0. The standard InChI is InChI=1S/C8H11NO2S/c1-2-11-6-7-4-3-5-9(10)8(7)12/h3-5,10H,2,6H2,1H3. The molecule has 0 aromatic carbocycles. The molecule has 0 bridgehead atoms. The van der Waals surface area contributed by atoms with Crippen molar-refractivity contribution in [2.75, 3.05) is 6.61 Å². The van der Waals surface area contributed by atoms with Gasteiger partial charge in [0.05, 0.1) is 6.61 Å². The quantitative estimate of drug-likeness (QED) is 0.577. The molecule has 3 nitrogen and oxygen atoms in total. The molecule has 0 radical (unpaired) electrons. The van der Waals surface area contributed by atoms with Crippen LogP contribution < -0.4 is 0 Å². The fourth-order valence-electron chi connectivity index (χ4n) is 0.849. The summed E-state index contributed by atoms with van der Waals surface area (Å²) in [6.07, 6.45) is 1.50. The van der Waals surface area contributed by atoms with Gasteiger partial charge in [0.15, 0.2) is 0 Å². The Kier molecular flexibility index (Phi) is 3.25. The van der Waals surface area contributed by atoms with Crippen LogP contribution in [0.15, 0.2) is 18.3 Å². The fraction of sp³-hybridized carbons (Fsp3) is 0.375. The molecule has 1 N–H and O–H groups in total. The highest BCUT2D eigenvalue weighted by Crippen LogP contribution is 2.03. The summed E-state index contributed by atoms with van der Waals surface area (Å²) in [6, 6.07) is 3.56. The number of ether oxygens (including phenoxy) is 1. The predicted octanol–water partition coefficient (Wildman–Crippen LogP) is 1.99. The Hall–Kier alpha value is -0.870. The Bertz CT molecular complexity index is 308. The number of rotatable bonds is 3. The Morgan fingerprint density at radius 2 is 2.42 bits per heavy atom. The summed E-state index contributed by atoms with van der Waals surface area (Å²) in [5.74, 6) is 0. The highest BCUT2D eigenvalue weighted by molar-refractivity contribution is 7.71. The number of aromatic nitrogens is 1. The maximum absolute atomic E-state index is 9.16. The molecule has 0 saturated carbocycles.